The second kappa shape index (κ2) is 6.09. The summed E-state index contributed by atoms with van der Waals surface area (Å²) in [6, 6.07) is 12.4. The van der Waals surface area contributed by atoms with Crippen molar-refractivity contribution in [2.24, 2.45) is 10.9 Å². The van der Waals surface area contributed by atoms with Crippen LogP contribution < -0.4 is 5.32 Å². The van der Waals surface area contributed by atoms with Gasteiger partial charge in [0.15, 0.2) is 0 Å². The van der Waals surface area contributed by atoms with E-state index in [-0.39, 0.29) is 11.9 Å². The van der Waals surface area contributed by atoms with Gasteiger partial charge in [-0.2, -0.15) is 0 Å². The highest BCUT2D eigenvalue weighted by molar-refractivity contribution is 6.31. The summed E-state index contributed by atoms with van der Waals surface area (Å²) in [5.41, 5.74) is 3.00. The van der Waals surface area contributed by atoms with Crippen molar-refractivity contribution in [1.29, 1.82) is 0 Å². The molecule has 1 aliphatic heterocycles. The molecule has 0 saturated carbocycles. The van der Waals surface area contributed by atoms with Crippen LogP contribution in [0.4, 0.5) is 10.1 Å². The topological polar surface area (TPSA) is 24.4 Å². The van der Waals surface area contributed by atoms with Crippen molar-refractivity contribution < 1.29 is 4.39 Å². The number of anilines is 1. The Labute approximate surface area is 135 Å². The highest BCUT2D eigenvalue weighted by Crippen LogP contribution is 2.28. The number of halogens is 2. The molecule has 0 saturated heterocycles. The van der Waals surface area contributed by atoms with Crippen LogP contribution in [0, 0.1) is 11.7 Å². The van der Waals surface area contributed by atoms with Gasteiger partial charge in [0.2, 0.25) is 0 Å². The van der Waals surface area contributed by atoms with Crippen molar-refractivity contribution >= 4 is 23.0 Å². The highest BCUT2D eigenvalue weighted by Gasteiger charge is 2.23. The van der Waals surface area contributed by atoms with Gasteiger partial charge in [-0.05, 0) is 36.2 Å². The first-order valence-corrected chi connectivity index (χ1v) is 7.80. The monoisotopic (exact) mass is 316 g/mol. The van der Waals surface area contributed by atoms with Crippen LogP contribution in [0.25, 0.3) is 0 Å². The van der Waals surface area contributed by atoms with E-state index in [9.17, 15) is 4.39 Å². The number of aliphatic imine (C=N–C) groups is 1. The predicted molar refractivity (Wildman–Crippen MR) is 90.6 cm³/mol. The van der Waals surface area contributed by atoms with Gasteiger partial charge in [-0.15, -0.1) is 0 Å². The van der Waals surface area contributed by atoms with Crippen molar-refractivity contribution in [3.05, 3.63) is 64.4 Å². The maximum atomic E-state index is 14.3. The summed E-state index contributed by atoms with van der Waals surface area (Å²) in [7, 11) is 0. The standard InChI is InChI=1S/C18H18ClFN2/c1-11(2)17-10-21-16-9-12(19)7-8-14(16)18(22-17)13-5-3-4-6-15(13)20/h3-9,11,17,21H,10H2,1-2H3/t17-/m1/s1. The van der Waals surface area contributed by atoms with Gasteiger partial charge in [-0.25, -0.2) is 4.39 Å². The summed E-state index contributed by atoms with van der Waals surface area (Å²) in [4.78, 5) is 4.85. The van der Waals surface area contributed by atoms with E-state index in [4.69, 9.17) is 16.6 Å². The molecule has 2 nitrogen and oxygen atoms in total. The summed E-state index contributed by atoms with van der Waals surface area (Å²) in [6.07, 6.45) is 0. The van der Waals surface area contributed by atoms with Crippen molar-refractivity contribution in [1.82, 2.24) is 0 Å². The molecule has 114 valence electrons. The average molecular weight is 317 g/mol. The van der Waals surface area contributed by atoms with E-state index in [1.165, 1.54) is 6.07 Å². The van der Waals surface area contributed by atoms with Crippen molar-refractivity contribution in [2.75, 3.05) is 11.9 Å². The zero-order valence-electron chi connectivity index (χ0n) is 12.6. The van der Waals surface area contributed by atoms with E-state index in [0.717, 1.165) is 11.3 Å². The van der Waals surface area contributed by atoms with Gasteiger partial charge in [-0.3, -0.25) is 4.99 Å². The molecular weight excluding hydrogens is 299 g/mol. The fourth-order valence-corrected chi connectivity index (χ4v) is 2.79. The van der Waals surface area contributed by atoms with Crippen LogP contribution in [-0.2, 0) is 0 Å². The lowest BCUT2D eigenvalue weighted by Gasteiger charge is -2.16. The molecule has 0 fully saturated rings. The Bertz CT molecular complexity index is 725. The first-order valence-electron chi connectivity index (χ1n) is 7.42. The smallest absolute Gasteiger partial charge is 0.132 e. The molecule has 1 N–H and O–H groups in total. The molecule has 0 bridgehead atoms. The number of nitrogens with zero attached hydrogens (tertiary/aromatic N) is 1. The van der Waals surface area contributed by atoms with Crippen molar-refractivity contribution in [3.8, 4) is 0 Å². The Balaban J connectivity index is 2.20. The van der Waals surface area contributed by atoms with Gasteiger partial charge in [-0.1, -0.05) is 37.6 Å². The summed E-state index contributed by atoms with van der Waals surface area (Å²) in [6.45, 7) is 4.96. The number of fused-ring (bicyclic) bond motifs is 1. The van der Waals surface area contributed by atoms with Crippen LogP contribution in [0.15, 0.2) is 47.5 Å². The largest absolute Gasteiger partial charge is 0.382 e. The molecule has 0 unspecified atom stereocenters. The van der Waals surface area contributed by atoms with Gasteiger partial charge >= 0.3 is 0 Å². The minimum atomic E-state index is -0.258. The van der Waals surface area contributed by atoms with Crippen molar-refractivity contribution in [3.63, 3.8) is 0 Å². The predicted octanol–water partition coefficient (Wildman–Crippen LogP) is 4.77. The van der Waals surface area contributed by atoms with Crippen LogP contribution in [0.2, 0.25) is 5.02 Å². The zero-order valence-corrected chi connectivity index (χ0v) is 13.4. The van der Waals surface area contributed by atoms with Crippen molar-refractivity contribution in [2.45, 2.75) is 19.9 Å². The molecule has 2 aromatic rings. The quantitative estimate of drug-likeness (QED) is 0.848. The van der Waals surface area contributed by atoms with Gasteiger partial charge in [0, 0.05) is 28.4 Å². The maximum Gasteiger partial charge on any atom is 0.132 e. The van der Waals surface area contributed by atoms with E-state index in [2.05, 4.69) is 19.2 Å². The molecular formula is C18H18ClFN2. The Kier molecular flexibility index (Phi) is 4.16. The van der Waals surface area contributed by atoms with Gasteiger partial charge in [0.1, 0.15) is 5.82 Å². The Morgan fingerprint density at radius 3 is 2.68 bits per heavy atom. The molecule has 1 atom stereocenters. The molecule has 0 radical (unpaired) electrons. The summed E-state index contributed by atoms with van der Waals surface area (Å²) >= 11 is 6.10. The van der Waals surface area contributed by atoms with Gasteiger partial charge < -0.3 is 5.32 Å². The van der Waals surface area contributed by atoms with E-state index in [0.29, 0.717) is 28.8 Å². The molecule has 22 heavy (non-hydrogen) atoms. The molecule has 0 aromatic heterocycles. The number of nitrogens with one attached hydrogen (secondary N) is 1. The first-order chi connectivity index (χ1) is 10.6. The van der Waals surface area contributed by atoms with Gasteiger partial charge in [0.25, 0.3) is 0 Å². The van der Waals surface area contributed by atoms with Crippen LogP contribution >= 0.6 is 11.6 Å². The Morgan fingerprint density at radius 1 is 1.18 bits per heavy atom. The fourth-order valence-electron chi connectivity index (χ4n) is 2.62. The third-order valence-electron chi connectivity index (χ3n) is 3.93. The lowest BCUT2D eigenvalue weighted by atomic mass is 9.99. The number of hydrogen-bond acceptors (Lipinski definition) is 2. The molecule has 1 aliphatic rings. The molecule has 1 heterocycles. The molecule has 0 spiro atoms. The molecule has 3 rings (SSSR count). The third kappa shape index (κ3) is 2.86. The lowest BCUT2D eigenvalue weighted by molar-refractivity contribution is 0.515. The zero-order chi connectivity index (χ0) is 15.7. The first kappa shape index (κ1) is 15.0. The molecule has 0 aliphatic carbocycles. The number of hydrogen-bond donors (Lipinski definition) is 1. The Hall–Kier alpha value is -1.87. The molecule has 2 aromatic carbocycles. The summed E-state index contributed by atoms with van der Waals surface area (Å²) < 4.78 is 14.3. The van der Waals surface area contributed by atoms with E-state index in [1.54, 1.807) is 12.1 Å². The average Bonchev–Trinajstić information content (AvgIpc) is 2.67. The summed E-state index contributed by atoms with van der Waals surface area (Å²) in [5.74, 6) is 0.102. The second-order valence-corrected chi connectivity index (χ2v) is 6.28. The minimum absolute atomic E-state index is 0.0841. The maximum absolute atomic E-state index is 14.3. The lowest BCUT2D eigenvalue weighted by Crippen LogP contribution is -2.23. The van der Waals surface area contributed by atoms with Crippen LogP contribution in [-0.4, -0.2) is 18.3 Å². The fraction of sp³-hybridized carbons (Fsp3) is 0.278. The van der Waals surface area contributed by atoms with E-state index >= 15 is 0 Å². The normalized spacial score (nSPS) is 17.5. The van der Waals surface area contributed by atoms with Crippen LogP contribution in [0.1, 0.15) is 25.0 Å². The molecule has 4 heteroatoms. The van der Waals surface area contributed by atoms with Crippen LogP contribution in [0.3, 0.4) is 0 Å². The third-order valence-corrected chi connectivity index (χ3v) is 4.17. The van der Waals surface area contributed by atoms with E-state index < -0.39 is 0 Å². The van der Waals surface area contributed by atoms with E-state index in [1.807, 2.05) is 24.3 Å². The number of benzodiazepines with no additional fused rings is 1. The Morgan fingerprint density at radius 2 is 1.95 bits per heavy atom. The summed E-state index contributed by atoms with van der Waals surface area (Å²) in [5, 5.41) is 4.05. The van der Waals surface area contributed by atoms with Crippen LogP contribution in [0.5, 0.6) is 0 Å². The SMILES string of the molecule is CC(C)[C@H]1CNc2cc(Cl)ccc2C(c2ccccc2F)=N1. The number of rotatable bonds is 2. The van der Waals surface area contributed by atoms with Gasteiger partial charge in [0.05, 0.1) is 11.8 Å². The highest BCUT2D eigenvalue weighted by atomic mass is 35.5. The minimum Gasteiger partial charge on any atom is -0.382 e. The number of benzene rings is 2. The second-order valence-electron chi connectivity index (χ2n) is 5.84. The molecule has 0 amide bonds.